The van der Waals surface area contributed by atoms with Crippen molar-refractivity contribution in [3.63, 3.8) is 0 Å². The van der Waals surface area contributed by atoms with E-state index in [4.69, 9.17) is 4.74 Å². The lowest BCUT2D eigenvalue weighted by molar-refractivity contribution is -0.121. The van der Waals surface area contributed by atoms with E-state index in [1.54, 1.807) is 19.1 Å². The fourth-order valence-electron chi connectivity index (χ4n) is 2.71. The van der Waals surface area contributed by atoms with Crippen molar-refractivity contribution in [1.82, 2.24) is 4.90 Å². The molecule has 1 saturated heterocycles. The van der Waals surface area contributed by atoms with Gasteiger partial charge in [0.2, 0.25) is 5.91 Å². The highest BCUT2D eigenvalue weighted by Gasteiger charge is 2.24. The second kappa shape index (κ2) is 7.40. The molecule has 1 heterocycles. The van der Waals surface area contributed by atoms with Crippen LogP contribution in [-0.4, -0.2) is 43.5 Å². The van der Waals surface area contributed by atoms with Crippen LogP contribution in [0.1, 0.15) is 35.7 Å². The zero-order chi connectivity index (χ0) is 16.1. The van der Waals surface area contributed by atoms with E-state index < -0.39 is 0 Å². The van der Waals surface area contributed by atoms with Crippen LogP contribution < -0.4 is 5.32 Å². The van der Waals surface area contributed by atoms with Gasteiger partial charge in [-0.05, 0) is 58.0 Å². The van der Waals surface area contributed by atoms with Gasteiger partial charge in [0.1, 0.15) is 0 Å². The molecule has 0 aliphatic carbocycles. The Morgan fingerprint density at radius 1 is 1.41 bits per heavy atom. The molecule has 5 nitrogen and oxygen atoms in total. The van der Waals surface area contributed by atoms with Crippen molar-refractivity contribution < 1.29 is 14.3 Å². The zero-order valence-corrected chi connectivity index (χ0v) is 13.5. The summed E-state index contributed by atoms with van der Waals surface area (Å²) in [6.45, 7) is 5.85. The van der Waals surface area contributed by atoms with Gasteiger partial charge in [0.25, 0.3) is 0 Å². The highest BCUT2D eigenvalue weighted by molar-refractivity contribution is 5.96. The van der Waals surface area contributed by atoms with Crippen LogP contribution in [-0.2, 0) is 9.53 Å². The largest absolute Gasteiger partial charge is 0.462 e. The molecule has 5 heteroatoms. The summed E-state index contributed by atoms with van der Waals surface area (Å²) in [5.41, 5.74) is 2.08. The predicted octanol–water partition coefficient (Wildman–Crippen LogP) is 2.45. The molecule has 1 fully saturated rings. The number of piperidine rings is 1. The summed E-state index contributed by atoms with van der Waals surface area (Å²) in [4.78, 5) is 26.4. The van der Waals surface area contributed by atoms with Crippen molar-refractivity contribution in [3.05, 3.63) is 29.3 Å². The Hall–Kier alpha value is -1.88. The van der Waals surface area contributed by atoms with Crippen LogP contribution in [0.4, 0.5) is 5.69 Å². The number of ether oxygens (including phenoxy) is 1. The molecule has 0 aromatic heterocycles. The molecule has 1 aromatic rings. The Morgan fingerprint density at radius 3 is 2.86 bits per heavy atom. The average molecular weight is 304 g/mol. The number of nitrogens with one attached hydrogen (secondary N) is 1. The standard InChI is InChI=1S/C17H24N2O3/c1-4-22-17(21)13-8-7-12(2)15(10-13)18-16(20)14-6-5-9-19(3)11-14/h7-8,10,14H,4-6,9,11H2,1-3H3,(H,18,20)/t14-/m1/s1. The summed E-state index contributed by atoms with van der Waals surface area (Å²) in [7, 11) is 2.03. The van der Waals surface area contributed by atoms with E-state index in [0.29, 0.717) is 17.9 Å². The number of hydrogen-bond acceptors (Lipinski definition) is 4. The second-order valence-corrected chi connectivity index (χ2v) is 5.84. The Bertz CT molecular complexity index is 557. The van der Waals surface area contributed by atoms with E-state index in [1.807, 2.05) is 20.0 Å². The van der Waals surface area contributed by atoms with E-state index in [9.17, 15) is 9.59 Å². The molecule has 0 unspecified atom stereocenters. The number of carbonyl (C=O) groups excluding carboxylic acids is 2. The molecule has 1 aromatic carbocycles. The zero-order valence-electron chi connectivity index (χ0n) is 13.5. The number of anilines is 1. The molecule has 120 valence electrons. The Balaban J connectivity index is 2.09. The number of benzene rings is 1. The summed E-state index contributed by atoms with van der Waals surface area (Å²) >= 11 is 0. The first-order valence-electron chi connectivity index (χ1n) is 7.78. The van der Waals surface area contributed by atoms with Crippen molar-refractivity contribution in [1.29, 1.82) is 0 Å². The summed E-state index contributed by atoms with van der Waals surface area (Å²) < 4.78 is 5.00. The van der Waals surface area contributed by atoms with Crippen molar-refractivity contribution >= 4 is 17.6 Å². The molecule has 0 radical (unpaired) electrons. The molecular weight excluding hydrogens is 280 g/mol. The maximum Gasteiger partial charge on any atom is 0.338 e. The Labute approximate surface area is 131 Å². The molecule has 1 amide bonds. The number of aryl methyl sites for hydroxylation is 1. The summed E-state index contributed by atoms with van der Waals surface area (Å²) in [6, 6.07) is 5.24. The molecule has 1 atom stereocenters. The van der Waals surface area contributed by atoms with Crippen LogP contribution in [0.3, 0.4) is 0 Å². The summed E-state index contributed by atoms with van der Waals surface area (Å²) in [5, 5.41) is 2.96. The minimum absolute atomic E-state index is 0.00407. The first-order valence-corrected chi connectivity index (χ1v) is 7.78. The van der Waals surface area contributed by atoms with Gasteiger partial charge in [-0.3, -0.25) is 4.79 Å². The van der Waals surface area contributed by atoms with Gasteiger partial charge in [0, 0.05) is 12.2 Å². The van der Waals surface area contributed by atoms with Crippen molar-refractivity contribution in [3.8, 4) is 0 Å². The van der Waals surface area contributed by atoms with Crippen LogP contribution in [0.2, 0.25) is 0 Å². The number of likely N-dealkylation sites (tertiary alicyclic amines) is 1. The van der Waals surface area contributed by atoms with Crippen molar-refractivity contribution in [2.24, 2.45) is 5.92 Å². The van der Waals surface area contributed by atoms with Gasteiger partial charge in [-0.15, -0.1) is 0 Å². The van der Waals surface area contributed by atoms with Crippen LogP contribution in [0, 0.1) is 12.8 Å². The van der Waals surface area contributed by atoms with Crippen LogP contribution in [0.15, 0.2) is 18.2 Å². The molecule has 1 aliphatic heterocycles. The van der Waals surface area contributed by atoms with E-state index in [0.717, 1.165) is 31.5 Å². The number of amides is 1. The second-order valence-electron chi connectivity index (χ2n) is 5.84. The average Bonchev–Trinajstić information content (AvgIpc) is 2.49. The van der Waals surface area contributed by atoms with E-state index in [2.05, 4.69) is 10.2 Å². The van der Waals surface area contributed by atoms with Crippen molar-refractivity contribution in [2.75, 3.05) is 32.1 Å². The number of carbonyl (C=O) groups is 2. The first kappa shape index (κ1) is 16.5. The molecule has 0 saturated carbocycles. The molecule has 1 aliphatic rings. The maximum absolute atomic E-state index is 12.4. The molecule has 22 heavy (non-hydrogen) atoms. The van der Waals surface area contributed by atoms with Crippen LogP contribution in [0.25, 0.3) is 0 Å². The van der Waals surface area contributed by atoms with Gasteiger partial charge in [-0.2, -0.15) is 0 Å². The van der Waals surface area contributed by atoms with Crippen LogP contribution >= 0.6 is 0 Å². The van der Waals surface area contributed by atoms with Gasteiger partial charge in [-0.1, -0.05) is 6.07 Å². The lowest BCUT2D eigenvalue weighted by Gasteiger charge is -2.28. The maximum atomic E-state index is 12.4. The van der Waals surface area contributed by atoms with E-state index in [1.165, 1.54) is 0 Å². The lowest BCUT2D eigenvalue weighted by atomic mass is 9.97. The lowest BCUT2D eigenvalue weighted by Crippen LogP contribution is -2.38. The van der Waals surface area contributed by atoms with Gasteiger partial charge in [-0.25, -0.2) is 4.79 Å². The fraction of sp³-hybridized carbons (Fsp3) is 0.529. The highest BCUT2D eigenvalue weighted by Crippen LogP contribution is 2.21. The van der Waals surface area contributed by atoms with Gasteiger partial charge in [0.15, 0.2) is 0 Å². The fourth-order valence-corrected chi connectivity index (χ4v) is 2.71. The smallest absolute Gasteiger partial charge is 0.338 e. The summed E-state index contributed by atoms with van der Waals surface area (Å²) in [6.07, 6.45) is 1.95. The van der Waals surface area contributed by atoms with Crippen LogP contribution in [0.5, 0.6) is 0 Å². The highest BCUT2D eigenvalue weighted by atomic mass is 16.5. The van der Waals surface area contributed by atoms with E-state index in [-0.39, 0.29) is 17.8 Å². The molecular formula is C17H24N2O3. The molecule has 1 N–H and O–H groups in total. The number of rotatable bonds is 4. The number of esters is 1. The quantitative estimate of drug-likeness (QED) is 0.868. The summed E-state index contributed by atoms with van der Waals surface area (Å²) in [5.74, 6) is -0.338. The Morgan fingerprint density at radius 2 is 2.18 bits per heavy atom. The first-order chi connectivity index (χ1) is 10.5. The third-order valence-corrected chi connectivity index (χ3v) is 4.00. The number of nitrogens with zero attached hydrogens (tertiary/aromatic N) is 1. The third kappa shape index (κ3) is 4.07. The topological polar surface area (TPSA) is 58.6 Å². The van der Waals surface area contributed by atoms with Crippen molar-refractivity contribution in [2.45, 2.75) is 26.7 Å². The third-order valence-electron chi connectivity index (χ3n) is 4.00. The molecule has 2 rings (SSSR count). The predicted molar refractivity (Wildman–Crippen MR) is 86.0 cm³/mol. The molecule has 0 bridgehead atoms. The minimum atomic E-state index is -0.365. The van der Waals surface area contributed by atoms with Gasteiger partial charge < -0.3 is 15.0 Å². The normalized spacial score (nSPS) is 18.8. The number of hydrogen-bond donors (Lipinski definition) is 1. The van der Waals surface area contributed by atoms with Gasteiger partial charge >= 0.3 is 5.97 Å². The monoisotopic (exact) mass is 304 g/mol. The Kier molecular flexibility index (Phi) is 5.55. The minimum Gasteiger partial charge on any atom is -0.462 e. The SMILES string of the molecule is CCOC(=O)c1ccc(C)c(NC(=O)[C@@H]2CCCN(C)C2)c1. The van der Waals surface area contributed by atoms with E-state index >= 15 is 0 Å². The molecule has 0 spiro atoms. The van der Waals surface area contributed by atoms with Gasteiger partial charge in [0.05, 0.1) is 18.1 Å².